The Kier molecular flexibility index (Phi) is 5.68. The molecule has 2 heterocycles. The lowest BCUT2D eigenvalue weighted by atomic mass is 9.85. The lowest BCUT2D eigenvalue weighted by molar-refractivity contribution is 0.199. The summed E-state index contributed by atoms with van der Waals surface area (Å²) < 4.78 is 1.92. The van der Waals surface area contributed by atoms with Crippen molar-refractivity contribution >= 4 is 6.03 Å². The Hall–Kier alpha value is -1.56. The summed E-state index contributed by atoms with van der Waals surface area (Å²) in [4.78, 5) is 18.7. The topological polar surface area (TPSA) is 76.2 Å². The first kappa shape index (κ1) is 17.8. The second-order valence-electron chi connectivity index (χ2n) is 7.48. The van der Waals surface area contributed by atoms with Gasteiger partial charge in [0.25, 0.3) is 0 Å². The number of aromatic nitrogens is 2. The summed E-state index contributed by atoms with van der Waals surface area (Å²) >= 11 is 0. The molecule has 3 N–H and O–H groups in total. The van der Waals surface area contributed by atoms with Crippen LogP contribution in [0.15, 0.2) is 12.5 Å². The molecule has 130 valence electrons. The number of aryl methyl sites for hydroxylation is 1. The van der Waals surface area contributed by atoms with E-state index in [2.05, 4.69) is 38.0 Å². The highest BCUT2D eigenvalue weighted by Crippen LogP contribution is 2.25. The Bertz CT molecular complexity index is 517. The van der Waals surface area contributed by atoms with Crippen LogP contribution in [-0.4, -0.2) is 46.2 Å². The zero-order valence-corrected chi connectivity index (χ0v) is 15.0. The van der Waals surface area contributed by atoms with Crippen LogP contribution in [0.1, 0.15) is 39.3 Å². The fraction of sp³-hybridized carbons (Fsp3) is 0.765. The summed E-state index contributed by atoms with van der Waals surface area (Å²) in [6.45, 7) is 10.8. The van der Waals surface area contributed by atoms with Gasteiger partial charge in [0.15, 0.2) is 0 Å². The van der Waals surface area contributed by atoms with Crippen molar-refractivity contribution in [2.75, 3.05) is 19.6 Å². The van der Waals surface area contributed by atoms with E-state index in [1.165, 1.54) is 0 Å². The van der Waals surface area contributed by atoms with Crippen LogP contribution in [0.5, 0.6) is 0 Å². The maximum Gasteiger partial charge on any atom is 0.317 e. The molecule has 2 rings (SSSR count). The van der Waals surface area contributed by atoms with E-state index in [1.54, 1.807) is 6.33 Å². The summed E-state index contributed by atoms with van der Waals surface area (Å²) in [5.74, 6) is 1.71. The first-order valence-electron chi connectivity index (χ1n) is 8.55. The third-order valence-electron chi connectivity index (χ3n) is 4.96. The number of carbonyl (C=O) groups excluding carboxylic acids is 1. The van der Waals surface area contributed by atoms with Crippen molar-refractivity contribution in [1.29, 1.82) is 0 Å². The molecule has 0 aliphatic carbocycles. The zero-order valence-electron chi connectivity index (χ0n) is 15.0. The Morgan fingerprint density at radius 1 is 1.35 bits per heavy atom. The fourth-order valence-electron chi connectivity index (χ4n) is 3.49. The van der Waals surface area contributed by atoms with Crippen molar-refractivity contribution in [3.8, 4) is 0 Å². The standard InChI is InChI=1S/C17H31N5O/c1-11(2)13(12(3)4)6-19-17(23)22-7-14(15(18)8-22)16-9-21(5)10-20-16/h9-15H,6-8,18H2,1-5H3,(H,19,23)/t14-,15-/m1/s1. The van der Waals surface area contributed by atoms with Crippen LogP contribution < -0.4 is 11.1 Å². The molecule has 6 nitrogen and oxygen atoms in total. The fourth-order valence-corrected chi connectivity index (χ4v) is 3.49. The lowest BCUT2D eigenvalue weighted by Crippen LogP contribution is -2.43. The summed E-state index contributed by atoms with van der Waals surface area (Å²) in [5.41, 5.74) is 7.20. The predicted molar refractivity (Wildman–Crippen MR) is 92.1 cm³/mol. The molecule has 1 saturated heterocycles. The average molecular weight is 321 g/mol. The van der Waals surface area contributed by atoms with Crippen LogP contribution in [0.4, 0.5) is 4.79 Å². The van der Waals surface area contributed by atoms with Gasteiger partial charge in [0.2, 0.25) is 0 Å². The lowest BCUT2D eigenvalue weighted by Gasteiger charge is -2.26. The second kappa shape index (κ2) is 7.34. The number of hydrogen-bond acceptors (Lipinski definition) is 3. The molecular weight excluding hydrogens is 290 g/mol. The summed E-state index contributed by atoms with van der Waals surface area (Å²) in [6.07, 6.45) is 3.76. The van der Waals surface area contributed by atoms with E-state index >= 15 is 0 Å². The number of rotatable bonds is 5. The highest BCUT2D eigenvalue weighted by molar-refractivity contribution is 5.74. The van der Waals surface area contributed by atoms with Crippen LogP contribution in [0.2, 0.25) is 0 Å². The summed E-state index contributed by atoms with van der Waals surface area (Å²) in [5, 5.41) is 3.09. The molecule has 0 saturated carbocycles. The minimum atomic E-state index is -0.0540. The molecule has 0 bridgehead atoms. The number of amides is 2. The van der Waals surface area contributed by atoms with Crippen LogP contribution in [0.3, 0.4) is 0 Å². The first-order valence-corrected chi connectivity index (χ1v) is 8.55. The maximum absolute atomic E-state index is 12.5. The highest BCUT2D eigenvalue weighted by Gasteiger charge is 2.35. The van der Waals surface area contributed by atoms with E-state index in [0.717, 1.165) is 5.69 Å². The molecular formula is C17H31N5O. The van der Waals surface area contributed by atoms with Crippen LogP contribution in [0, 0.1) is 17.8 Å². The Morgan fingerprint density at radius 2 is 2.00 bits per heavy atom. The molecule has 1 fully saturated rings. The molecule has 1 aliphatic rings. The summed E-state index contributed by atoms with van der Waals surface area (Å²) in [7, 11) is 1.94. The van der Waals surface area contributed by atoms with Gasteiger partial charge in [-0.05, 0) is 17.8 Å². The number of carbonyl (C=O) groups is 1. The molecule has 0 radical (unpaired) electrons. The normalized spacial score (nSPS) is 21.7. The van der Waals surface area contributed by atoms with Crippen molar-refractivity contribution < 1.29 is 4.79 Å². The van der Waals surface area contributed by atoms with Crippen molar-refractivity contribution in [1.82, 2.24) is 19.8 Å². The van der Waals surface area contributed by atoms with Crippen LogP contribution in [0.25, 0.3) is 0 Å². The number of nitrogens with zero attached hydrogens (tertiary/aromatic N) is 3. The molecule has 0 aromatic carbocycles. The van der Waals surface area contributed by atoms with Crippen molar-refractivity contribution in [3.05, 3.63) is 18.2 Å². The van der Waals surface area contributed by atoms with Crippen molar-refractivity contribution in [2.45, 2.75) is 39.7 Å². The number of imidazole rings is 1. The molecule has 0 unspecified atom stereocenters. The maximum atomic E-state index is 12.5. The summed E-state index contributed by atoms with van der Waals surface area (Å²) in [6, 6.07) is -0.0631. The molecule has 23 heavy (non-hydrogen) atoms. The van der Waals surface area contributed by atoms with Gasteiger partial charge < -0.3 is 20.5 Å². The molecule has 1 aliphatic heterocycles. The highest BCUT2D eigenvalue weighted by atomic mass is 16.2. The minimum absolute atomic E-state index is 0.00909. The van der Waals surface area contributed by atoms with Crippen LogP contribution >= 0.6 is 0 Å². The number of nitrogens with two attached hydrogens (primary N) is 1. The monoisotopic (exact) mass is 321 g/mol. The largest absolute Gasteiger partial charge is 0.340 e. The van der Waals surface area contributed by atoms with E-state index in [9.17, 15) is 4.79 Å². The average Bonchev–Trinajstić information content (AvgIpc) is 3.04. The quantitative estimate of drug-likeness (QED) is 0.868. The van der Waals surface area contributed by atoms with E-state index in [-0.39, 0.29) is 18.0 Å². The first-order chi connectivity index (χ1) is 10.8. The SMILES string of the molecule is CC(C)C(CNC(=O)N1C[C@@H](N)[C@H](c2cn(C)cn2)C1)C(C)C. The Balaban J connectivity index is 1.91. The number of urea groups is 1. The third-order valence-corrected chi connectivity index (χ3v) is 4.96. The minimum Gasteiger partial charge on any atom is -0.340 e. The van der Waals surface area contributed by atoms with Gasteiger partial charge in [-0.15, -0.1) is 0 Å². The van der Waals surface area contributed by atoms with E-state index in [4.69, 9.17) is 5.73 Å². The molecule has 2 atom stereocenters. The predicted octanol–water partition coefficient (Wildman–Crippen LogP) is 1.78. The van der Waals surface area contributed by atoms with E-state index < -0.39 is 0 Å². The molecule has 0 spiro atoms. The van der Waals surface area contributed by atoms with Gasteiger partial charge in [0, 0.05) is 44.8 Å². The van der Waals surface area contributed by atoms with Crippen molar-refractivity contribution in [3.63, 3.8) is 0 Å². The van der Waals surface area contributed by atoms with E-state index in [0.29, 0.717) is 37.4 Å². The molecule has 2 amide bonds. The van der Waals surface area contributed by atoms with Gasteiger partial charge in [-0.1, -0.05) is 27.7 Å². The number of hydrogen-bond donors (Lipinski definition) is 2. The number of nitrogens with one attached hydrogen (secondary N) is 1. The van der Waals surface area contributed by atoms with Gasteiger partial charge in [-0.3, -0.25) is 0 Å². The number of likely N-dealkylation sites (tertiary alicyclic amines) is 1. The van der Waals surface area contributed by atoms with Gasteiger partial charge in [-0.25, -0.2) is 9.78 Å². The zero-order chi connectivity index (χ0) is 17.1. The van der Waals surface area contributed by atoms with Gasteiger partial charge in [-0.2, -0.15) is 0 Å². The Labute approximate surface area is 139 Å². The van der Waals surface area contributed by atoms with Crippen molar-refractivity contribution in [2.24, 2.45) is 30.5 Å². The van der Waals surface area contributed by atoms with Gasteiger partial charge in [0.1, 0.15) is 0 Å². The van der Waals surface area contributed by atoms with Gasteiger partial charge in [0.05, 0.1) is 12.0 Å². The van der Waals surface area contributed by atoms with Gasteiger partial charge >= 0.3 is 6.03 Å². The molecule has 1 aromatic rings. The van der Waals surface area contributed by atoms with Crippen LogP contribution in [-0.2, 0) is 7.05 Å². The van der Waals surface area contributed by atoms with E-state index in [1.807, 2.05) is 22.7 Å². The Morgan fingerprint density at radius 3 is 2.52 bits per heavy atom. The smallest absolute Gasteiger partial charge is 0.317 e. The third kappa shape index (κ3) is 4.25. The molecule has 6 heteroatoms. The molecule has 1 aromatic heterocycles. The second-order valence-corrected chi connectivity index (χ2v) is 7.48.